The van der Waals surface area contributed by atoms with Gasteiger partial charge in [0.2, 0.25) is 0 Å². The summed E-state index contributed by atoms with van der Waals surface area (Å²) in [5.74, 6) is -0.943. The SMILES string of the molecule is COC(=O)c1ccc(I)c(OC)c1C(=O)OC. The highest BCUT2D eigenvalue weighted by Gasteiger charge is 2.24. The average molecular weight is 350 g/mol. The zero-order valence-electron chi connectivity index (χ0n) is 9.57. The number of methoxy groups -OCH3 is 3. The zero-order valence-corrected chi connectivity index (χ0v) is 11.7. The van der Waals surface area contributed by atoms with Gasteiger partial charge in [-0.25, -0.2) is 9.59 Å². The molecule has 0 unspecified atom stereocenters. The Hall–Kier alpha value is -1.31. The molecule has 0 spiro atoms. The van der Waals surface area contributed by atoms with E-state index in [1.165, 1.54) is 27.4 Å². The summed E-state index contributed by atoms with van der Waals surface area (Å²) in [6.45, 7) is 0. The van der Waals surface area contributed by atoms with Crippen LogP contribution >= 0.6 is 22.6 Å². The predicted octanol–water partition coefficient (Wildman–Crippen LogP) is 1.87. The summed E-state index contributed by atoms with van der Waals surface area (Å²) in [6, 6.07) is 3.17. The lowest BCUT2D eigenvalue weighted by Gasteiger charge is -2.12. The van der Waals surface area contributed by atoms with Gasteiger partial charge in [0.15, 0.2) is 0 Å². The maximum atomic E-state index is 11.7. The first-order chi connectivity index (χ1) is 8.06. The van der Waals surface area contributed by atoms with E-state index >= 15 is 0 Å². The van der Waals surface area contributed by atoms with E-state index in [0.717, 1.165) is 0 Å². The van der Waals surface area contributed by atoms with Gasteiger partial charge in [-0.3, -0.25) is 0 Å². The number of hydrogen-bond donors (Lipinski definition) is 0. The lowest BCUT2D eigenvalue weighted by Crippen LogP contribution is -2.14. The van der Waals surface area contributed by atoms with E-state index in [4.69, 9.17) is 4.74 Å². The zero-order chi connectivity index (χ0) is 13.0. The molecule has 5 nitrogen and oxygen atoms in total. The molecule has 0 fully saturated rings. The molecule has 1 rings (SSSR count). The fourth-order valence-electron chi connectivity index (χ4n) is 1.34. The van der Waals surface area contributed by atoms with Crippen LogP contribution in [0, 0.1) is 3.57 Å². The molecule has 0 aliphatic carbocycles. The molecular weight excluding hydrogens is 339 g/mol. The molecule has 0 aliphatic heterocycles. The van der Waals surface area contributed by atoms with Crippen molar-refractivity contribution < 1.29 is 23.8 Å². The van der Waals surface area contributed by atoms with E-state index in [0.29, 0.717) is 9.32 Å². The van der Waals surface area contributed by atoms with Gasteiger partial charge in [-0.15, -0.1) is 0 Å². The molecule has 0 aromatic heterocycles. The number of benzene rings is 1. The van der Waals surface area contributed by atoms with Gasteiger partial charge >= 0.3 is 11.9 Å². The standard InChI is InChI=1S/C11H11IO5/c1-15-9-7(12)5-4-6(10(13)16-2)8(9)11(14)17-3/h4-5H,1-3H3. The second-order valence-electron chi connectivity index (χ2n) is 2.99. The fraction of sp³-hybridized carbons (Fsp3) is 0.273. The summed E-state index contributed by atoms with van der Waals surface area (Å²) < 4.78 is 15.1. The number of carbonyl (C=O) groups excluding carboxylic acids is 2. The van der Waals surface area contributed by atoms with Crippen LogP contribution in [-0.4, -0.2) is 33.3 Å². The molecule has 6 heteroatoms. The molecule has 92 valence electrons. The summed E-state index contributed by atoms with van der Waals surface area (Å²) >= 11 is 2.00. The van der Waals surface area contributed by atoms with Gasteiger partial charge in [0.25, 0.3) is 0 Å². The van der Waals surface area contributed by atoms with E-state index < -0.39 is 11.9 Å². The molecule has 17 heavy (non-hydrogen) atoms. The second kappa shape index (κ2) is 5.85. The minimum atomic E-state index is -0.638. The van der Waals surface area contributed by atoms with Crippen molar-refractivity contribution in [2.45, 2.75) is 0 Å². The molecule has 0 saturated heterocycles. The minimum Gasteiger partial charge on any atom is -0.495 e. The van der Waals surface area contributed by atoms with Crippen LogP contribution in [0.1, 0.15) is 20.7 Å². The Morgan fingerprint density at radius 1 is 1.06 bits per heavy atom. The maximum Gasteiger partial charge on any atom is 0.342 e. The first-order valence-electron chi connectivity index (χ1n) is 4.60. The van der Waals surface area contributed by atoms with Crippen molar-refractivity contribution in [2.24, 2.45) is 0 Å². The number of esters is 2. The Morgan fingerprint density at radius 2 is 1.65 bits per heavy atom. The van der Waals surface area contributed by atoms with Gasteiger partial charge < -0.3 is 14.2 Å². The van der Waals surface area contributed by atoms with Crippen LogP contribution < -0.4 is 4.74 Å². The van der Waals surface area contributed by atoms with Gasteiger partial charge in [0.05, 0.1) is 30.5 Å². The van der Waals surface area contributed by atoms with Gasteiger partial charge in [0.1, 0.15) is 11.3 Å². The molecule has 0 radical (unpaired) electrons. The highest BCUT2D eigenvalue weighted by molar-refractivity contribution is 14.1. The van der Waals surface area contributed by atoms with Crippen LogP contribution in [0.4, 0.5) is 0 Å². The first-order valence-corrected chi connectivity index (χ1v) is 5.67. The van der Waals surface area contributed by atoms with Crippen LogP contribution in [0.3, 0.4) is 0 Å². The van der Waals surface area contributed by atoms with Crippen LogP contribution in [0.15, 0.2) is 12.1 Å². The van der Waals surface area contributed by atoms with E-state index in [-0.39, 0.29) is 11.1 Å². The Labute approximate surface area is 112 Å². The summed E-state index contributed by atoms with van der Waals surface area (Å²) in [5.41, 5.74) is 0.199. The van der Waals surface area contributed by atoms with Crippen LogP contribution in [0.25, 0.3) is 0 Å². The molecule has 0 heterocycles. The maximum absolute atomic E-state index is 11.7. The van der Waals surface area contributed by atoms with E-state index in [9.17, 15) is 9.59 Å². The largest absolute Gasteiger partial charge is 0.495 e. The second-order valence-corrected chi connectivity index (χ2v) is 4.15. The summed E-state index contributed by atoms with van der Waals surface area (Å²) in [7, 11) is 3.90. The van der Waals surface area contributed by atoms with E-state index in [1.807, 2.05) is 22.6 Å². The fourth-order valence-corrected chi connectivity index (χ4v) is 2.01. The first kappa shape index (κ1) is 13.8. The van der Waals surface area contributed by atoms with Gasteiger partial charge in [-0.05, 0) is 34.7 Å². The third-order valence-corrected chi connectivity index (χ3v) is 2.96. The quantitative estimate of drug-likeness (QED) is 0.615. The number of ether oxygens (including phenoxy) is 3. The van der Waals surface area contributed by atoms with Crippen molar-refractivity contribution in [3.63, 3.8) is 0 Å². The van der Waals surface area contributed by atoms with Crippen molar-refractivity contribution in [3.05, 3.63) is 26.8 Å². The lowest BCUT2D eigenvalue weighted by atomic mass is 10.1. The Kier molecular flexibility index (Phi) is 4.73. The molecule has 0 aliphatic rings. The number of hydrogen-bond acceptors (Lipinski definition) is 5. The van der Waals surface area contributed by atoms with Gasteiger partial charge in [0, 0.05) is 0 Å². The van der Waals surface area contributed by atoms with Crippen LogP contribution in [-0.2, 0) is 9.47 Å². The molecule has 0 atom stereocenters. The molecule has 0 amide bonds. The average Bonchev–Trinajstić information content (AvgIpc) is 2.36. The highest BCUT2D eigenvalue weighted by Crippen LogP contribution is 2.29. The van der Waals surface area contributed by atoms with Crippen LogP contribution in [0.2, 0.25) is 0 Å². The molecule has 0 bridgehead atoms. The molecule has 1 aromatic carbocycles. The molecule has 1 aromatic rings. The lowest BCUT2D eigenvalue weighted by molar-refractivity contribution is 0.0552. The topological polar surface area (TPSA) is 61.8 Å². The number of rotatable bonds is 3. The Bertz CT molecular complexity index is 455. The summed E-state index contributed by atoms with van der Waals surface area (Å²) in [5, 5.41) is 0. The summed E-state index contributed by atoms with van der Waals surface area (Å²) in [4.78, 5) is 23.2. The van der Waals surface area contributed by atoms with E-state index in [2.05, 4.69) is 9.47 Å². The summed E-state index contributed by atoms with van der Waals surface area (Å²) in [6.07, 6.45) is 0. The number of halogens is 1. The molecular formula is C11H11IO5. The van der Waals surface area contributed by atoms with Gasteiger partial charge in [-0.1, -0.05) is 0 Å². The van der Waals surface area contributed by atoms with Crippen molar-refractivity contribution in [1.29, 1.82) is 0 Å². The Morgan fingerprint density at radius 3 is 2.12 bits per heavy atom. The third kappa shape index (κ3) is 2.68. The minimum absolute atomic E-state index is 0.0775. The highest BCUT2D eigenvalue weighted by atomic mass is 127. The third-order valence-electron chi connectivity index (χ3n) is 2.11. The Balaban J connectivity index is 3.50. The van der Waals surface area contributed by atoms with Crippen molar-refractivity contribution >= 4 is 34.5 Å². The van der Waals surface area contributed by atoms with Crippen molar-refractivity contribution in [3.8, 4) is 5.75 Å². The number of carbonyl (C=O) groups is 2. The predicted molar refractivity (Wildman–Crippen MR) is 68.4 cm³/mol. The van der Waals surface area contributed by atoms with Crippen LogP contribution in [0.5, 0.6) is 5.75 Å². The monoisotopic (exact) mass is 350 g/mol. The van der Waals surface area contributed by atoms with E-state index in [1.54, 1.807) is 6.07 Å². The molecule has 0 saturated carbocycles. The van der Waals surface area contributed by atoms with Crippen molar-refractivity contribution in [1.82, 2.24) is 0 Å². The normalized spacial score (nSPS) is 9.65. The van der Waals surface area contributed by atoms with Gasteiger partial charge in [-0.2, -0.15) is 0 Å². The smallest absolute Gasteiger partial charge is 0.342 e. The molecule has 0 N–H and O–H groups in total. The van der Waals surface area contributed by atoms with Crippen molar-refractivity contribution in [2.75, 3.05) is 21.3 Å².